The molecule has 4 atom stereocenters. The molecule has 0 spiro atoms. The summed E-state index contributed by atoms with van der Waals surface area (Å²) in [6.45, 7) is 8.51. The highest BCUT2D eigenvalue weighted by atomic mass is 16.4. The summed E-state index contributed by atoms with van der Waals surface area (Å²) < 4.78 is 0. The third kappa shape index (κ3) is 8.80. The van der Waals surface area contributed by atoms with E-state index in [0.717, 1.165) is 0 Å². The van der Waals surface area contributed by atoms with Crippen LogP contribution in [-0.4, -0.2) is 53.5 Å². The summed E-state index contributed by atoms with van der Waals surface area (Å²) in [5.41, 5.74) is 5.51. The number of amides is 3. The lowest BCUT2D eigenvalue weighted by Gasteiger charge is -2.24. The van der Waals surface area contributed by atoms with E-state index in [4.69, 9.17) is 10.8 Å². The Balaban J connectivity index is 4.76. The Labute approximate surface area is 154 Å². The van der Waals surface area contributed by atoms with Crippen molar-refractivity contribution in [3.63, 3.8) is 0 Å². The summed E-state index contributed by atoms with van der Waals surface area (Å²) in [5, 5.41) is 16.5. The highest BCUT2D eigenvalue weighted by molar-refractivity contribution is 5.92. The number of carbonyl (C=O) groups excluding carboxylic acids is 3. The number of carboxylic acids is 1. The van der Waals surface area contributed by atoms with Crippen molar-refractivity contribution in [1.82, 2.24) is 16.0 Å². The van der Waals surface area contributed by atoms with Crippen molar-refractivity contribution in [2.24, 2.45) is 17.6 Å². The third-order valence-electron chi connectivity index (χ3n) is 3.97. The van der Waals surface area contributed by atoms with Gasteiger partial charge < -0.3 is 26.8 Å². The van der Waals surface area contributed by atoms with Crippen molar-refractivity contribution in [2.75, 3.05) is 6.54 Å². The zero-order valence-corrected chi connectivity index (χ0v) is 16.2. The van der Waals surface area contributed by atoms with E-state index in [1.165, 1.54) is 6.92 Å². The molecule has 0 aliphatic carbocycles. The maximum Gasteiger partial charge on any atom is 0.326 e. The molecule has 6 N–H and O–H groups in total. The molecule has 0 aromatic heterocycles. The van der Waals surface area contributed by atoms with Gasteiger partial charge in [-0.1, -0.05) is 34.1 Å². The van der Waals surface area contributed by atoms with Gasteiger partial charge in [-0.15, -0.1) is 0 Å². The Kier molecular flexibility index (Phi) is 10.5. The normalized spacial score (nSPS) is 15.5. The fourth-order valence-corrected chi connectivity index (χ4v) is 2.20. The number of carbonyl (C=O) groups is 4. The van der Waals surface area contributed by atoms with Gasteiger partial charge in [0.2, 0.25) is 17.7 Å². The van der Waals surface area contributed by atoms with Crippen LogP contribution in [0.4, 0.5) is 0 Å². The Hall–Kier alpha value is -2.16. The van der Waals surface area contributed by atoms with E-state index in [1.807, 2.05) is 20.8 Å². The van der Waals surface area contributed by atoms with Gasteiger partial charge >= 0.3 is 5.97 Å². The first-order chi connectivity index (χ1) is 12.0. The number of nitrogens with two attached hydrogens (primary N) is 1. The second kappa shape index (κ2) is 11.5. The van der Waals surface area contributed by atoms with E-state index < -0.39 is 41.8 Å². The van der Waals surface area contributed by atoms with E-state index >= 15 is 0 Å². The van der Waals surface area contributed by atoms with E-state index in [9.17, 15) is 19.2 Å². The largest absolute Gasteiger partial charge is 0.480 e. The SMILES string of the molecule is CC[C@H](C)[C@H](NC(=O)[C@H](C)N)C(=O)NCC(=O)N[C@@H](CC(C)C)C(=O)O. The molecule has 0 saturated heterocycles. The molecule has 0 unspecified atom stereocenters. The lowest BCUT2D eigenvalue weighted by Crippen LogP contribution is -2.55. The van der Waals surface area contributed by atoms with Crippen LogP contribution in [0.5, 0.6) is 0 Å². The van der Waals surface area contributed by atoms with Gasteiger partial charge in [0, 0.05) is 0 Å². The fraction of sp³-hybridized carbons (Fsp3) is 0.765. The lowest BCUT2D eigenvalue weighted by molar-refractivity contribution is -0.142. The average Bonchev–Trinajstić information content (AvgIpc) is 2.55. The first-order valence-corrected chi connectivity index (χ1v) is 8.85. The van der Waals surface area contributed by atoms with Crippen LogP contribution in [0.3, 0.4) is 0 Å². The molecule has 26 heavy (non-hydrogen) atoms. The summed E-state index contributed by atoms with van der Waals surface area (Å²) in [7, 11) is 0. The topological polar surface area (TPSA) is 151 Å². The molecule has 0 saturated carbocycles. The fourth-order valence-electron chi connectivity index (χ4n) is 2.20. The van der Waals surface area contributed by atoms with Crippen molar-refractivity contribution in [1.29, 1.82) is 0 Å². The number of rotatable bonds is 11. The van der Waals surface area contributed by atoms with Crippen LogP contribution >= 0.6 is 0 Å². The molecule has 9 heteroatoms. The Morgan fingerprint density at radius 1 is 1.00 bits per heavy atom. The Morgan fingerprint density at radius 2 is 1.58 bits per heavy atom. The predicted molar refractivity (Wildman–Crippen MR) is 97.1 cm³/mol. The first-order valence-electron chi connectivity index (χ1n) is 8.85. The smallest absolute Gasteiger partial charge is 0.326 e. The van der Waals surface area contributed by atoms with Crippen LogP contribution in [0, 0.1) is 11.8 Å². The molecule has 150 valence electrons. The van der Waals surface area contributed by atoms with Gasteiger partial charge in [-0.05, 0) is 25.2 Å². The van der Waals surface area contributed by atoms with Gasteiger partial charge in [-0.3, -0.25) is 14.4 Å². The minimum atomic E-state index is -1.12. The summed E-state index contributed by atoms with van der Waals surface area (Å²) in [6.07, 6.45) is 0.925. The number of hydrogen-bond acceptors (Lipinski definition) is 5. The quantitative estimate of drug-likeness (QED) is 0.333. The molecule has 0 bridgehead atoms. The van der Waals surface area contributed by atoms with Crippen LogP contribution in [0.2, 0.25) is 0 Å². The Morgan fingerprint density at radius 3 is 2.00 bits per heavy atom. The molecule has 0 heterocycles. The second-order valence-corrected chi connectivity index (χ2v) is 6.97. The summed E-state index contributed by atoms with van der Waals surface area (Å²) >= 11 is 0. The van der Waals surface area contributed by atoms with Gasteiger partial charge in [0.25, 0.3) is 0 Å². The number of aliphatic carboxylic acids is 1. The molecule has 0 rings (SSSR count). The van der Waals surface area contributed by atoms with Crippen molar-refractivity contribution < 1.29 is 24.3 Å². The summed E-state index contributed by atoms with van der Waals surface area (Å²) in [4.78, 5) is 47.2. The van der Waals surface area contributed by atoms with Gasteiger partial charge in [0.05, 0.1) is 12.6 Å². The van der Waals surface area contributed by atoms with E-state index in [-0.39, 0.29) is 24.8 Å². The van der Waals surface area contributed by atoms with Crippen LogP contribution in [0.15, 0.2) is 0 Å². The molecule has 3 amide bonds. The van der Waals surface area contributed by atoms with Crippen molar-refractivity contribution in [3.05, 3.63) is 0 Å². The molecule has 0 fully saturated rings. The molecule has 0 aliphatic rings. The Bertz CT molecular complexity index is 507. The minimum absolute atomic E-state index is 0.0919. The highest BCUT2D eigenvalue weighted by Crippen LogP contribution is 2.08. The predicted octanol–water partition coefficient (Wildman–Crippen LogP) is -0.404. The highest BCUT2D eigenvalue weighted by Gasteiger charge is 2.27. The molecule has 9 nitrogen and oxygen atoms in total. The number of hydrogen-bond donors (Lipinski definition) is 5. The van der Waals surface area contributed by atoms with Gasteiger partial charge in [0.1, 0.15) is 12.1 Å². The van der Waals surface area contributed by atoms with Crippen LogP contribution in [0.1, 0.15) is 47.5 Å². The zero-order chi connectivity index (χ0) is 20.4. The van der Waals surface area contributed by atoms with Gasteiger partial charge in [0.15, 0.2) is 0 Å². The summed E-state index contributed by atoms with van der Waals surface area (Å²) in [6, 6.07) is -2.59. The van der Waals surface area contributed by atoms with Crippen molar-refractivity contribution >= 4 is 23.7 Å². The van der Waals surface area contributed by atoms with Crippen LogP contribution < -0.4 is 21.7 Å². The summed E-state index contributed by atoms with van der Waals surface area (Å²) in [5.74, 6) is -2.77. The molecule has 0 radical (unpaired) electrons. The van der Waals surface area contributed by atoms with E-state index in [0.29, 0.717) is 6.42 Å². The maximum atomic E-state index is 12.3. The molecular weight excluding hydrogens is 340 g/mol. The third-order valence-corrected chi connectivity index (χ3v) is 3.97. The number of carboxylic acid groups (broad SMARTS) is 1. The van der Waals surface area contributed by atoms with Crippen molar-refractivity contribution in [3.8, 4) is 0 Å². The monoisotopic (exact) mass is 372 g/mol. The molecular formula is C17H32N4O5. The van der Waals surface area contributed by atoms with Crippen molar-refractivity contribution in [2.45, 2.75) is 65.6 Å². The van der Waals surface area contributed by atoms with E-state index in [2.05, 4.69) is 16.0 Å². The van der Waals surface area contributed by atoms with E-state index in [1.54, 1.807) is 6.92 Å². The second-order valence-electron chi connectivity index (χ2n) is 6.97. The van der Waals surface area contributed by atoms with Crippen LogP contribution in [-0.2, 0) is 19.2 Å². The van der Waals surface area contributed by atoms with Gasteiger partial charge in [-0.25, -0.2) is 4.79 Å². The molecule has 0 aromatic carbocycles. The van der Waals surface area contributed by atoms with Crippen LogP contribution in [0.25, 0.3) is 0 Å². The molecule has 0 aliphatic heterocycles. The van der Waals surface area contributed by atoms with Gasteiger partial charge in [-0.2, -0.15) is 0 Å². The minimum Gasteiger partial charge on any atom is -0.480 e. The zero-order valence-electron chi connectivity index (χ0n) is 16.2. The number of nitrogens with one attached hydrogen (secondary N) is 3. The average molecular weight is 372 g/mol. The maximum absolute atomic E-state index is 12.3. The molecule has 0 aromatic rings. The first kappa shape index (κ1) is 23.8. The lowest BCUT2D eigenvalue weighted by atomic mass is 9.98. The standard InChI is InChI=1S/C17H32N4O5/c1-6-10(4)14(21-15(23)11(5)18)16(24)19-8-13(22)20-12(17(25)26)7-9(2)3/h9-12,14H,6-8,18H2,1-5H3,(H,19,24)(H,20,22)(H,21,23)(H,25,26)/t10-,11-,12-,14-/m0/s1.